The Bertz CT molecular complexity index is 584. The number of nitrogens with one attached hydrogen (secondary N) is 1. The number of rotatable bonds is 5. The van der Waals surface area contributed by atoms with Crippen LogP contribution in [0, 0.1) is 13.8 Å². The molecular formula is C18H33IN6O. The summed E-state index contributed by atoms with van der Waals surface area (Å²) in [4.78, 5) is 9.44. The van der Waals surface area contributed by atoms with Crippen LogP contribution in [0.1, 0.15) is 24.2 Å². The van der Waals surface area contributed by atoms with Gasteiger partial charge in [-0.25, -0.2) is 0 Å². The van der Waals surface area contributed by atoms with Crippen LogP contribution in [-0.4, -0.2) is 84.6 Å². The van der Waals surface area contributed by atoms with Crippen molar-refractivity contribution in [3.8, 4) is 0 Å². The van der Waals surface area contributed by atoms with Gasteiger partial charge in [0.1, 0.15) is 0 Å². The van der Waals surface area contributed by atoms with Gasteiger partial charge in [-0.05, 0) is 32.8 Å². The van der Waals surface area contributed by atoms with E-state index in [2.05, 4.69) is 42.9 Å². The summed E-state index contributed by atoms with van der Waals surface area (Å²) in [6.07, 6.45) is 2.26. The average Bonchev–Trinajstić information content (AvgIpc) is 3.22. The Kier molecular flexibility index (Phi) is 8.62. The van der Waals surface area contributed by atoms with Gasteiger partial charge in [-0.15, -0.1) is 24.0 Å². The van der Waals surface area contributed by atoms with Crippen LogP contribution in [0.15, 0.2) is 11.1 Å². The van der Waals surface area contributed by atoms with E-state index in [0.717, 1.165) is 70.6 Å². The molecule has 0 saturated carbocycles. The minimum absolute atomic E-state index is 0. The summed E-state index contributed by atoms with van der Waals surface area (Å²) >= 11 is 0. The molecule has 0 aromatic carbocycles. The second-order valence-electron chi connectivity index (χ2n) is 7.01. The van der Waals surface area contributed by atoms with E-state index >= 15 is 0 Å². The highest BCUT2D eigenvalue weighted by Gasteiger charge is 2.30. The summed E-state index contributed by atoms with van der Waals surface area (Å²) in [6, 6.07) is 2.76. The van der Waals surface area contributed by atoms with Gasteiger partial charge < -0.3 is 15.0 Å². The van der Waals surface area contributed by atoms with Crippen molar-refractivity contribution >= 4 is 29.9 Å². The van der Waals surface area contributed by atoms with Crippen molar-refractivity contribution in [2.75, 3.05) is 53.0 Å². The Morgan fingerprint density at radius 1 is 1.31 bits per heavy atom. The topological polar surface area (TPSA) is 57.9 Å². The van der Waals surface area contributed by atoms with Gasteiger partial charge in [0, 0.05) is 58.1 Å². The highest BCUT2D eigenvalue weighted by molar-refractivity contribution is 14.0. The van der Waals surface area contributed by atoms with Crippen LogP contribution in [0.25, 0.3) is 0 Å². The molecule has 1 atom stereocenters. The van der Waals surface area contributed by atoms with Gasteiger partial charge in [0.25, 0.3) is 0 Å². The molecule has 2 saturated heterocycles. The number of hydrogen-bond donors (Lipinski definition) is 1. The second-order valence-corrected chi connectivity index (χ2v) is 7.01. The molecule has 1 N–H and O–H groups in total. The number of aliphatic imine (C=N–C) groups is 1. The Hall–Kier alpha value is -0.870. The number of likely N-dealkylation sites (tertiary alicyclic amines) is 1. The quantitative estimate of drug-likeness (QED) is 0.302. The SMILES string of the molecule is CN=C(NCCCn1nc(C)cc1C)N1CCC(N2CCOCC2)C1.I. The molecule has 3 rings (SSSR count). The molecule has 0 radical (unpaired) electrons. The number of morpholine rings is 1. The van der Waals surface area contributed by atoms with E-state index in [1.54, 1.807) is 0 Å². The zero-order chi connectivity index (χ0) is 17.6. The molecule has 148 valence electrons. The van der Waals surface area contributed by atoms with Crippen LogP contribution in [0.4, 0.5) is 0 Å². The normalized spacial score (nSPS) is 21.7. The third-order valence-corrected chi connectivity index (χ3v) is 5.17. The predicted molar refractivity (Wildman–Crippen MR) is 115 cm³/mol. The Morgan fingerprint density at radius 3 is 2.73 bits per heavy atom. The van der Waals surface area contributed by atoms with Gasteiger partial charge in [0.2, 0.25) is 0 Å². The van der Waals surface area contributed by atoms with E-state index in [1.165, 1.54) is 12.1 Å². The zero-order valence-corrected chi connectivity index (χ0v) is 18.6. The largest absolute Gasteiger partial charge is 0.379 e. The standard InChI is InChI=1S/C18H32N6O.HI/c1-15-13-16(2)24(21-15)7-4-6-20-18(19-3)23-8-5-17(14-23)22-9-11-25-12-10-22;/h13,17H,4-12,14H2,1-3H3,(H,19,20);1H. The number of guanidine groups is 1. The van der Waals surface area contributed by atoms with E-state index in [0.29, 0.717) is 6.04 Å². The number of hydrogen-bond acceptors (Lipinski definition) is 4. The van der Waals surface area contributed by atoms with Gasteiger partial charge in [-0.2, -0.15) is 5.10 Å². The van der Waals surface area contributed by atoms with Crippen molar-refractivity contribution in [2.24, 2.45) is 4.99 Å². The third kappa shape index (κ3) is 5.56. The maximum atomic E-state index is 5.47. The molecule has 2 aliphatic heterocycles. The Morgan fingerprint density at radius 2 is 2.08 bits per heavy atom. The second kappa shape index (κ2) is 10.5. The number of aromatic nitrogens is 2. The molecule has 2 fully saturated rings. The zero-order valence-electron chi connectivity index (χ0n) is 16.3. The Balaban J connectivity index is 0.00000243. The summed E-state index contributed by atoms with van der Waals surface area (Å²) in [5.41, 5.74) is 2.32. The maximum Gasteiger partial charge on any atom is 0.193 e. The average molecular weight is 476 g/mol. The molecule has 7 nitrogen and oxygen atoms in total. The van der Waals surface area contributed by atoms with Crippen molar-refractivity contribution in [2.45, 2.75) is 39.3 Å². The van der Waals surface area contributed by atoms with Crippen molar-refractivity contribution in [3.63, 3.8) is 0 Å². The first-order valence-corrected chi connectivity index (χ1v) is 9.46. The predicted octanol–water partition coefficient (Wildman–Crippen LogP) is 1.49. The molecule has 3 heterocycles. The lowest BCUT2D eigenvalue weighted by Crippen LogP contribution is -2.46. The summed E-state index contributed by atoms with van der Waals surface area (Å²) in [6.45, 7) is 12.0. The number of ether oxygens (including phenoxy) is 1. The molecule has 1 aromatic heterocycles. The van der Waals surface area contributed by atoms with Gasteiger partial charge in [-0.1, -0.05) is 0 Å². The van der Waals surface area contributed by atoms with Gasteiger partial charge in [-0.3, -0.25) is 14.6 Å². The molecule has 1 aromatic rings. The van der Waals surface area contributed by atoms with Crippen LogP contribution in [0.3, 0.4) is 0 Å². The summed E-state index contributed by atoms with van der Waals surface area (Å²) in [7, 11) is 1.88. The van der Waals surface area contributed by atoms with E-state index in [4.69, 9.17) is 4.74 Å². The third-order valence-electron chi connectivity index (χ3n) is 5.17. The molecule has 2 aliphatic rings. The fourth-order valence-electron chi connectivity index (χ4n) is 3.84. The van der Waals surface area contributed by atoms with Crippen molar-refractivity contribution in [3.05, 3.63) is 17.5 Å². The summed E-state index contributed by atoms with van der Waals surface area (Å²) in [5, 5.41) is 8.04. The highest BCUT2D eigenvalue weighted by atomic mass is 127. The fourth-order valence-corrected chi connectivity index (χ4v) is 3.84. The first-order valence-electron chi connectivity index (χ1n) is 9.46. The number of nitrogens with zero attached hydrogens (tertiary/aromatic N) is 5. The van der Waals surface area contributed by atoms with Crippen molar-refractivity contribution in [1.29, 1.82) is 0 Å². The van der Waals surface area contributed by atoms with Gasteiger partial charge in [0.15, 0.2) is 5.96 Å². The molecular weight excluding hydrogens is 443 g/mol. The molecule has 0 spiro atoms. The van der Waals surface area contributed by atoms with E-state index in [-0.39, 0.29) is 24.0 Å². The first kappa shape index (κ1) is 21.4. The lowest BCUT2D eigenvalue weighted by molar-refractivity contribution is 0.0195. The van der Waals surface area contributed by atoms with E-state index in [9.17, 15) is 0 Å². The molecule has 26 heavy (non-hydrogen) atoms. The minimum atomic E-state index is 0. The monoisotopic (exact) mass is 476 g/mol. The summed E-state index contributed by atoms with van der Waals surface area (Å²) < 4.78 is 7.56. The fraction of sp³-hybridized carbons (Fsp3) is 0.778. The first-order chi connectivity index (χ1) is 12.2. The number of halogens is 1. The van der Waals surface area contributed by atoms with Gasteiger partial charge >= 0.3 is 0 Å². The molecule has 0 amide bonds. The van der Waals surface area contributed by atoms with Crippen molar-refractivity contribution < 1.29 is 4.74 Å². The molecule has 8 heteroatoms. The van der Waals surface area contributed by atoms with Crippen LogP contribution >= 0.6 is 24.0 Å². The molecule has 0 bridgehead atoms. The minimum Gasteiger partial charge on any atom is -0.379 e. The van der Waals surface area contributed by atoms with Crippen LogP contribution in [0.5, 0.6) is 0 Å². The molecule has 1 unspecified atom stereocenters. The smallest absolute Gasteiger partial charge is 0.193 e. The lowest BCUT2D eigenvalue weighted by atomic mass is 10.2. The van der Waals surface area contributed by atoms with E-state index in [1.807, 2.05) is 14.0 Å². The summed E-state index contributed by atoms with van der Waals surface area (Å²) in [5.74, 6) is 1.03. The maximum absolute atomic E-state index is 5.47. The van der Waals surface area contributed by atoms with Crippen LogP contribution < -0.4 is 5.32 Å². The van der Waals surface area contributed by atoms with E-state index < -0.39 is 0 Å². The van der Waals surface area contributed by atoms with Crippen LogP contribution in [0.2, 0.25) is 0 Å². The van der Waals surface area contributed by atoms with Crippen LogP contribution in [-0.2, 0) is 11.3 Å². The molecule has 0 aliphatic carbocycles. The Labute approximate surface area is 174 Å². The lowest BCUT2D eigenvalue weighted by Gasteiger charge is -2.32. The van der Waals surface area contributed by atoms with Gasteiger partial charge in [0.05, 0.1) is 18.9 Å². The highest BCUT2D eigenvalue weighted by Crippen LogP contribution is 2.17. The van der Waals surface area contributed by atoms with Crippen molar-refractivity contribution in [1.82, 2.24) is 24.9 Å². The number of aryl methyl sites for hydroxylation is 3.